The minimum atomic E-state index is 0.0176. The van der Waals surface area contributed by atoms with Crippen LogP contribution < -0.4 is 0 Å². The number of aliphatic hydroxyl groups is 1. The van der Waals surface area contributed by atoms with Gasteiger partial charge in [-0.05, 0) is 36.2 Å². The molecule has 2 aliphatic rings. The monoisotopic (exact) mass is 200 g/mol. The lowest BCUT2D eigenvalue weighted by Crippen LogP contribution is -2.38. The molecule has 1 saturated heterocycles. The van der Waals surface area contributed by atoms with E-state index in [0.717, 1.165) is 5.92 Å². The Labute approximate surface area is 85.3 Å². The Balaban J connectivity index is 1.83. The molecule has 3 unspecified atom stereocenters. The molecule has 2 fully saturated rings. The summed E-state index contributed by atoms with van der Waals surface area (Å²) in [5.74, 6) is 4.49. The molecule has 0 aromatic heterocycles. The van der Waals surface area contributed by atoms with Crippen LogP contribution in [0.2, 0.25) is 0 Å². The molecule has 2 heteroatoms. The molecular weight excluding hydrogens is 180 g/mol. The molecule has 0 aromatic carbocycles. The lowest BCUT2D eigenvalue weighted by Gasteiger charge is -2.38. The van der Waals surface area contributed by atoms with Gasteiger partial charge in [0.1, 0.15) is 0 Å². The first kappa shape index (κ1) is 9.85. The van der Waals surface area contributed by atoms with Crippen molar-refractivity contribution < 1.29 is 5.11 Å². The van der Waals surface area contributed by atoms with Crippen molar-refractivity contribution in [1.82, 2.24) is 0 Å². The van der Waals surface area contributed by atoms with Gasteiger partial charge in [0.2, 0.25) is 0 Å². The van der Waals surface area contributed by atoms with E-state index in [2.05, 4.69) is 6.92 Å². The standard InChI is InChI=1S/C11H20OS/c1-8-3-2-4-9(5-8)11(12)10-6-13-7-10/h8-12H,2-7H2,1H3. The largest absolute Gasteiger partial charge is 0.392 e. The van der Waals surface area contributed by atoms with Crippen molar-refractivity contribution >= 4 is 11.8 Å². The van der Waals surface area contributed by atoms with Gasteiger partial charge >= 0.3 is 0 Å². The Morgan fingerprint density at radius 2 is 2.00 bits per heavy atom. The molecular formula is C11H20OS. The van der Waals surface area contributed by atoms with Crippen molar-refractivity contribution in [1.29, 1.82) is 0 Å². The van der Waals surface area contributed by atoms with Crippen LogP contribution in [0.1, 0.15) is 32.6 Å². The third-order valence-corrected chi connectivity index (χ3v) is 4.93. The fourth-order valence-electron chi connectivity index (χ4n) is 2.63. The fraction of sp³-hybridized carbons (Fsp3) is 1.00. The molecule has 13 heavy (non-hydrogen) atoms. The van der Waals surface area contributed by atoms with E-state index >= 15 is 0 Å². The van der Waals surface area contributed by atoms with Crippen LogP contribution in [0.5, 0.6) is 0 Å². The quantitative estimate of drug-likeness (QED) is 0.739. The molecule has 1 heterocycles. The zero-order chi connectivity index (χ0) is 9.26. The number of hydrogen-bond acceptors (Lipinski definition) is 2. The highest BCUT2D eigenvalue weighted by Crippen LogP contribution is 2.37. The molecule has 2 rings (SSSR count). The topological polar surface area (TPSA) is 20.2 Å². The maximum absolute atomic E-state index is 10.1. The average Bonchev–Trinajstić information content (AvgIpc) is 2.01. The van der Waals surface area contributed by atoms with Crippen LogP contribution in [0.25, 0.3) is 0 Å². The molecule has 0 radical (unpaired) electrons. The predicted octanol–water partition coefficient (Wildman–Crippen LogP) is 2.54. The lowest BCUT2D eigenvalue weighted by atomic mass is 9.77. The van der Waals surface area contributed by atoms with Crippen LogP contribution in [0.3, 0.4) is 0 Å². The SMILES string of the molecule is CC1CCCC(C(O)C2CSC2)C1. The maximum Gasteiger partial charge on any atom is 0.0612 e. The van der Waals surface area contributed by atoms with Crippen molar-refractivity contribution in [3.8, 4) is 0 Å². The van der Waals surface area contributed by atoms with Gasteiger partial charge in [0, 0.05) is 5.92 Å². The van der Waals surface area contributed by atoms with E-state index in [0.29, 0.717) is 11.8 Å². The van der Waals surface area contributed by atoms with Gasteiger partial charge in [-0.15, -0.1) is 0 Å². The predicted molar refractivity (Wildman–Crippen MR) is 57.9 cm³/mol. The molecule has 1 saturated carbocycles. The molecule has 1 nitrogen and oxygen atoms in total. The Kier molecular flexibility index (Phi) is 3.20. The van der Waals surface area contributed by atoms with E-state index in [1.54, 1.807) is 0 Å². The van der Waals surface area contributed by atoms with Gasteiger partial charge in [0.25, 0.3) is 0 Å². The lowest BCUT2D eigenvalue weighted by molar-refractivity contribution is 0.0358. The smallest absolute Gasteiger partial charge is 0.0612 e. The summed E-state index contributed by atoms with van der Waals surface area (Å²) >= 11 is 1.98. The van der Waals surface area contributed by atoms with Gasteiger partial charge in [-0.3, -0.25) is 0 Å². The summed E-state index contributed by atoms with van der Waals surface area (Å²) in [4.78, 5) is 0. The summed E-state index contributed by atoms with van der Waals surface area (Å²) in [6, 6.07) is 0. The molecule has 1 aliphatic carbocycles. The van der Waals surface area contributed by atoms with Crippen LogP contribution in [0.15, 0.2) is 0 Å². The maximum atomic E-state index is 10.1. The summed E-state index contributed by atoms with van der Waals surface area (Å²) in [7, 11) is 0. The normalized spacial score (nSPS) is 38.3. The molecule has 1 aliphatic heterocycles. The van der Waals surface area contributed by atoms with Crippen molar-refractivity contribution in [3.05, 3.63) is 0 Å². The number of rotatable bonds is 2. The van der Waals surface area contributed by atoms with Gasteiger partial charge in [0.15, 0.2) is 0 Å². The Morgan fingerprint density at radius 3 is 2.54 bits per heavy atom. The van der Waals surface area contributed by atoms with E-state index in [4.69, 9.17) is 0 Å². The van der Waals surface area contributed by atoms with Gasteiger partial charge in [-0.1, -0.05) is 19.8 Å². The van der Waals surface area contributed by atoms with E-state index in [1.165, 1.54) is 37.2 Å². The molecule has 0 spiro atoms. The van der Waals surface area contributed by atoms with E-state index in [-0.39, 0.29) is 6.10 Å². The van der Waals surface area contributed by atoms with Gasteiger partial charge < -0.3 is 5.11 Å². The summed E-state index contributed by atoms with van der Waals surface area (Å²) in [5.41, 5.74) is 0. The third-order valence-electron chi connectivity index (χ3n) is 3.61. The minimum absolute atomic E-state index is 0.0176. The summed E-state index contributed by atoms with van der Waals surface area (Å²) < 4.78 is 0. The minimum Gasteiger partial charge on any atom is -0.392 e. The highest BCUT2D eigenvalue weighted by Gasteiger charge is 2.34. The van der Waals surface area contributed by atoms with Gasteiger partial charge in [-0.25, -0.2) is 0 Å². The van der Waals surface area contributed by atoms with E-state index in [1.807, 2.05) is 11.8 Å². The van der Waals surface area contributed by atoms with Crippen LogP contribution in [-0.4, -0.2) is 22.7 Å². The van der Waals surface area contributed by atoms with E-state index < -0.39 is 0 Å². The number of aliphatic hydroxyl groups excluding tert-OH is 1. The zero-order valence-corrected chi connectivity index (χ0v) is 9.22. The molecule has 0 amide bonds. The first-order valence-corrected chi connectivity index (χ1v) is 6.68. The molecule has 1 N–H and O–H groups in total. The van der Waals surface area contributed by atoms with Crippen LogP contribution in [0, 0.1) is 17.8 Å². The summed E-state index contributed by atoms with van der Waals surface area (Å²) in [5, 5.41) is 10.1. The Morgan fingerprint density at radius 1 is 1.23 bits per heavy atom. The highest BCUT2D eigenvalue weighted by atomic mass is 32.2. The Hall–Kier alpha value is 0.310. The molecule has 3 atom stereocenters. The summed E-state index contributed by atoms with van der Waals surface area (Å²) in [6.45, 7) is 2.33. The summed E-state index contributed by atoms with van der Waals surface area (Å²) in [6.07, 6.45) is 5.27. The van der Waals surface area contributed by atoms with Gasteiger partial charge in [-0.2, -0.15) is 11.8 Å². The first-order valence-electron chi connectivity index (χ1n) is 5.53. The third kappa shape index (κ3) is 2.21. The van der Waals surface area contributed by atoms with E-state index in [9.17, 15) is 5.11 Å². The van der Waals surface area contributed by atoms with Crippen LogP contribution >= 0.6 is 11.8 Å². The first-order chi connectivity index (χ1) is 6.27. The van der Waals surface area contributed by atoms with Crippen molar-refractivity contribution in [2.24, 2.45) is 17.8 Å². The fourth-order valence-corrected chi connectivity index (χ4v) is 3.53. The van der Waals surface area contributed by atoms with Crippen LogP contribution in [-0.2, 0) is 0 Å². The highest BCUT2D eigenvalue weighted by molar-refractivity contribution is 8.00. The molecule has 0 aromatic rings. The molecule has 76 valence electrons. The average molecular weight is 200 g/mol. The number of hydrogen-bond donors (Lipinski definition) is 1. The second kappa shape index (κ2) is 4.22. The van der Waals surface area contributed by atoms with Gasteiger partial charge in [0.05, 0.1) is 6.10 Å². The van der Waals surface area contributed by atoms with Crippen molar-refractivity contribution in [2.45, 2.75) is 38.7 Å². The van der Waals surface area contributed by atoms with Crippen molar-refractivity contribution in [2.75, 3.05) is 11.5 Å². The van der Waals surface area contributed by atoms with Crippen molar-refractivity contribution in [3.63, 3.8) is 0 Å². The van der Waals surface area contributed by atoms with Crippen LogP contribution in [0.4, 0.5) is 0 Å². The number of thioether (sulfide) groups is 1. The Bertz CT molecular complexity index is 167. The molecule has 0 bridgehead atoms. The zero-order valence-electron chi connectivity index (χ0n) is 8.41. The second-order valence-electron chi connectivity index (χ2n) is 4.82. The second-order valence-corrected chi connectivity index (χ2v) is 5.89.